The smallest absolute Gasteiger partial charge is 0.389 e. The molecule has 2 aromatic heterocycles. The number of rotatable bonds is 10. The molecule has 2 N–H and O–H groups in total. The zero-order valence-electron chi connectivity index (χ0n) is 19.0. The van der Waals surface area contributed by atoms with Crippen LogP contribution in [-0.4, -0.2) is 56.4 Å². The number of amides is 2. The molecule has 0 aliphatic rings. The highest BCUT2D eigenvalue weighted by Gasteiger charge is 2.18. The number of aromatic nitrogens is 4. The molecule has 2 heterocycles. The predicted molar refractivity (Wildman–Crippen MR) is 118 cm³/mol. The van der Waals surface area contributed by atoms with E-state index in [-0.39, 0.29) is 55.1 Å². The van der Waals surface area contributed by atoms with Crippen LogP contribution in [0.15, 0.2) is 41.1 Å². The highest BCUT2D eigenvalue weighted by Crippen LogP contribution is 2.24. The van der Waals surface area contributed by atoms with E-state index in [0.29, 0.717) is 5.75 Å². The second-order valence-electron chi connectivity index (χ2n) is 8.31. The summed E-state index contributed by atoms with van der Waals surface area (Å²) in [6.45, 7) is 6.50. The number of ether oxygens (including phenoxy) is 1. The summed E-state index contributed by atoms with van der Waals surface area (Å²) in [5.41, 5.74) is 1.20. The molecule has 13 heteroatoms. The quantitative estimate of drug-likeness (QED) is 0.252. The number of benzene rings is 1. The van der Waals surface area contributed by atoms with Gasteiger partial charge < -0.3 is 30.0 Å². The molecule has 0 atom stereocenters. The molecule has 0 radical (unpaired) electrons. The van der Waals surface area contributed by atoms with Gasteiger partial charge in [0.25, 0.3) is 5.91 Å². The van der Waals surface area contributed by atoms with Gasteiger partial charge in [0, 0.05) is 13.1 Å². The van der Waals surface area contributed by atoms with Gasteiger partial charge in [-0.25, -0.2) is 0 Å². The summed E-state index contributed by atoms with van der Waals surface area (Å²) in [4.78, 5) is 38.0. The first-order valence-electron chi connectivity index (χ1n) is 10.4. The summed E-state index contributed by atoms with van der Waals surface area (Å²) in [5.74, 6) is -0.813. The highest BCUT2D eigenvalue weighted by molar-refractivity contribution is 5.89. The number of nitrogens with zero attached hydrogens (tertiary/aromatic N) is 5. The van der Waals surface area contributed by atoms with Crippen LogP contribution in [-0.2, 0) is 16.8 Å². The molecule has 1 aromatic carbocycles. The molecule has 180 valence electrons. The minimum atomic E-state index is -0.624. The van der Waals surface area contributed by atoms with E-state index in [2.05, 4.69) is 46.6 Å². The topological polar surface area (TPSA) is 167 Å². The predicted octanol–water partition coefficient (Wildman–Crippen LogP) is 1.45. The van der Waals surface area contributed by atoms with Gasteiger partial charge in [-0.3, -0.25) is 9.59 Å². The third-order valence-electron chi connectivity index (χ3n) is 4.60. The largest absolute Gasteiger partial charge is 0.484 e. The van der Waals surface area contributed by atoms with Gasteiger partial charge >= 0.3 is 17.6 Å². The molecular weight excluding hydrogens is 446 g/mol. The van der Waals surface area contributed by atoms with Gasteiger partial charge in [0.1, 0.15) is 12.3 Å². The molecule has 0 aliphatic carbocycles. The molecule has 0 bridgehead atoms. The van der Waals surface area contributed by atoms with Crippen molar-refractivity contribution in [3.05, 3.63) is 63.9 Å². The maximum Gasteiger partial charge on any atom is 0.389 e. The average molecular weight is 471 g/mol. The molecule has 2 amide bonds. The molecule has 0 fully saturated rings. The Morgan fingerprint density at radius 2 is 1.85 bits per heavy atom. The lowest BCUT2D eigenvalue weighted by atomic mass is 9.87. The lowest BCUT2D eigenvalue weighted by molar-refractivity contribution is -0.389. The van der Waals surface area contributed by atoms with Crippen LogP contribution >= 0.6 is 0 Å². The van der Waals surface area contributed by atoms with Crippen LogP contribution < -0.4 is 15.4 Å². The maximum absolute atomic E-state index is 12.1. The lowest BCUT2D eigenvalue weighted by Gasteiger charge is -2.19. The monoisotopic (exact) mass is 471 g/mol. The minimum absolute atomic E-state index is 0.000387. The van der Waals surface area contributed by atoms with E-state index in [1.165, 1.54) is 22.5 Å². The van der Waals surface area contributed by atoms with Crippen molar-refractivity contribution in [1.82, 2.24) is 30.6 Å². The Kier molecular flexibility index (Phi) is 7.56. The van der Waals surface area contributed by atoms with Crippen LogP contribution in [0.1, 0.15) is 42.8 Å². The number of carbonyl (C=O) groups excluding carboxylic acids is 2. The van der Waals surface area contributed by atoms with E-state index in [4.69, 9.17) is 9.26 Å². The van der Waals surface area contributed by atoms with Crippen molar-refractivity contribution in [2.24, 2.45) is 0 Å². The van der Waals surface area contributed by atoms with Crippen LogP contribution in [0.4, 0.5) is 5.82 Å². The summed E-state index contributed by atoms with van der Waals surface area (Å²) in [7, 11) is 0. The third kappa shape index (κ3) is 6.85. The maximum atomic E-state index is 12.1. The van der Waals surface area contributed by atoms with Gasteiger partial charge in [0.2, 0.25) is 0 Å². The normalized spacial score (nSPS) is 11.1. The van der Waals surface area contributed by atoms with Gasteiger partial charge in [-0.05, 0) is 28.0 Å². The lowest BCUT2D eigenvalue weighted by Crippen LogP contribution is -2.36. The molecule has 13 nitrogen and oxygen atoms in total. The first-order valence-corrected chi connectivity index (χ1v) is 10.4. The zero-order chi connectivity index (χ0) is 24.7. The summed E-state index contributed by atoms with van der Waals surface area (Å²) >= 11 is 0. The van der Waals surface area contributed by atoms with Crippen molar-refractivity contribution < 1.29 is 23.8 Å². The molecule has 0 spiro atoms. The minimum Gasteiger partial charge on any atom is -0.484 e. The van der Waals surface area contributed by atoms with Crippen molar-refractivity contribution in [2.45, 2.75) is 32.7 Å². The fraction of sp³-hybridized carbons (Fsp3) is 0.381. The van der Waals surface area contributed by atoms with Crippen LogP contribution in [0.25, 0.3) is 0 Å². The van der Waals surface area contributed by atoms with Crippen LogP contribution in [0.5, 0.6) is 5.75 Å². The molecule has 0 aliphatic heterocycles. The fourth-order valence-electron chi connectivity index (χ4n) is 2.80. The van der Waals surface area contributed by atoms with Crippen LogP contribution in [0.3, 0.4) is 0 Å². The summed E-state index contributed by atoms with van der Waals surface area (Å²) < 4.78 is 11.6. The van der Waals surface area contributed by atoms with Crippen molar-refractivity contribution in [3.63, 3.8) is 0 Å². The van der Waals surface area contributed by atoms with Gasteiger partial charge in [0.15, 0.2) is 12.4 Å². The molecule has 3 rings (SSSR count). The fourth-order valence-corrected chi connectivity index (χ4v) is 2.80. The summed E-state index contributed by atoms with van der Waals surface area (Å²) in [6.07, 6.45) is 1.39. The number of nitrogens with one attached hydrogen (secondary N) is 2. The van der Waals surface area contributed by atoms with Crippen molar-refractivity contribution >= 4 is 17.6 Å². The van der Waals surface area contributed by atoms with E-state index in [0.717, 1.165) is 0 Å². The first-order chi connectivity index (χ1) is 16.1. The molecule has 0 saturated carbocycles. The highest BCUT2D eigenvalue weighted by atomic mass is 16.6. The Hall–Kier alpha value is -4.29. The standard InChI is InChI=1S/C21H25N7O6/c1-21(2,3)14-4-6-15(7-5-14)33-13-18(29)22-9-10-23-19(30)20-24-16(26-34-20)12-27-11-8-17(25-27)28(31)32/h4-8,11H,9-10,12-13H2,1-3H3,(H,22,29)(H,23,30). The Morgan fingerprint density at radius 1 is 1.15 bits per heavy atom. The molecule has 3 aromatic rings. The van der Waals surface area contributed by atoms with E-state index < -0.39 is 10.8 Å². The molecule has 0 saturated heterocycles. The Morgan fingerprint density at radius 3 is 2.50 bits per heavy atom. The van der Waals surface area contributed by atoms with Gasteiger partial charge in [-0.1, -0.05) is 38.1 Å². The summed E-state index contributed by atoms with van der Waals surface area (Å²) in [6, 6.07) is 8.80. The van der Waals surface area contributed by atoms with E-state index in [9.17, 15) is 19.7 Å². The van der Waals surface area contributed by atoms with E-state index in [1.807, 2.05) is 24.3 Å². The Labute approximate surface area is 194 Å². The van der Waals surface area contributed by atoms with Gasteiger partial charge in [-0.2, -0.15) is 9.67 Å². The van der Waals surface area contributed by atoms with Gasteiger partial charge in [0.05, 0.1) is 17.4 Å². The van der Waals surface area contributed by atoms with E-state index >= 15 is 0 Å². The number of hydrogen-bond donors (Lipinski definition) is 2. The molecule has 34 heavy (non-hydrogen) atoms. The molecular formula is C21H25N7O6. The average Bonchev–Trinajstić information content (AvgIpc) is 3.45. The van der Waals surface area contributed by atoms with Crippen molar-refractivity contribution in [1.29, 1.82) is 0 Å². The SMILES string of the molecule is CC(C)(C)c1ccc(OCC(=O)NCCNC(=O)c2nc(Cn3ccc([N+](=O)[O-])n3)no2)cc1. The Balaban J connectivity index is 1.35. The number of hydrogen-bond acceptors (Lipinski definition) is 9. The first kappa shape index (κ1) is 24.4. The van der Waals surface area contributed by atoms with Crippen LogP contribution in [0.2, 0.25) is 0 Å². The summed E-state index contributed by atoms with van der Waals surface area (Å²) in [5, 5.41) is 23.2. The molecule has 0 unspecified atom stereocenters. The Bertz CT molecular complexity index is 1150. The second kappa shape index (κ2) is 10.6. The second-order valence-corrected chi connectivity index (χ2v) is 8.31. The van der Waals surface area contributed by atoms with Gasteiger partial charge in [-0.15, -0.1) is 0 Å². The van der Waals surface area contributed by atoms with Crippen molar-refractivity contribution in [3.8, 4) is 5.75 Å². The number of nitro groups is 1. The van der Waals surface area contributed by atoms with Crippen LogP contribution in [0, 0.1) is 10.1 Å². The van der Waals surface area contributed by atoms with E-state index in [1.54, 1.807) is 0 Å². The van der Waals surface area contributed by atoms with Crippen molar-refractivity contribution in [2.75, 3.05) is 19.7 Å². The third-order valence-corrected chi connectivity index (χ3v) is 4.60. The zero-order valence-corrected chi connectivity index (χ0v) is 19.0. The number of carbonyl (C=O) groups is 2.